The van der Waals surface area contributed by atoms with Crippen molar-refractivity contribution < 1.29 is 17.6 Å². The van der Waals surface area contributed by atoms with Crippen LogP contribution in [0, 0.1) is 5.82 Å². The molecular formula is C16H16ClFN2O3S. The van der Waals surface area contributed by atoms with Gasteiger partial charge in [-0.15, -0.1) is 0 Å². The van der Waals surface area contributed by atoms with Gasteiger partial charge >= 0.3 is 6.03 Å². The summed E-state index contributed by atoms with van der Waals surface area (Å²) in [5.74, 6) is -0.315. The second kappa shape index (κ2) is 7.63. The van der Waals surface area contributed by atoms with E-state index in [-0.39, 0.29) is 21.4 Å². The minimum atomic E-state index is -3.40. The van der Waals surface area contributed by atoms with Crippen molar-refractivity contribution in [1.82, 2.24) is 5.32 Å². The predicted molar refractivity (Wildman–Crippen MR) is 91.7 cm³/mol. The molecule has 0 radical (unpaired) electrons. The molecule has 0 saturated heterocycles. The maximum atomic E-state index is 12.8. The fourth-order valence-corrected chi connectivity index (χ4v) is 2.78. The Kier molecular flexibility index (Phi) is 5.80. The Morgan fingerprint density at radius 3 is 2.46 bits per heavy atom. The number of hydrogen-bond acceptors (Lipinski definition) is 3. The minimum Gasteiger partial charge on any atom is -0.338 e. The lowest BCUT2D eigenvalue weighted by molar-refractivity contribution is 0.252. The van der Waals surface area contributed by atoms with Gasteiger partial charge in [0.25, 0.3) is 0 Å². The van der Waals surface area contributed by atoms with Crippen molar-refractivity contribution in [2.75, 3.05) is 18.1 Å². The van der Waals surface area contributed by atoms with E-state index >= 15 is 0 Å². The van der Waals surface area contributed by atoms with Crippen LogP contribution in [0.25, 0.3) is 0 Å². The molecule has 0 bridgehead atoms. The second-order valence-corrected chi connectivity index (χ2v) is 7.59. The van der Waals surface area contributed by atoms with Crippen molar-refractivity contribution in [3.63, 3.8) is 0 Å². The number of halogens is 2. The van der Waals surface area contributed by atoms with Gasteiger partial charge in [-0.05, 0) is 42.3 Å². The average molecular weight is 371 g/mol. The highest BCUT2D eigenvalue weighted by molar-refractivity contribution is 7.90. The van der Waals surface area contributed by atoms with E-state index in [2.05, 4.69) is 10.6 Å². The molecule has 2 aromatic rings. The van der Waals surface area contributed by atoms with Crippen molar-refractivity contribution in [3.05, 3.63) is 58.9 Å². The molecule has 0 atom stereocenters. The topological polar surface area (TPSA) is 75.3 Å². The molecule has 0 spiro atoms. The SMILES string of the molecule is CS(=O)(=O)c1ccc(Cl)c(NC(=O)NCCc2ccc(F)cc2)c1. The Bertz CT molecular complexity index is 839. The van der Waals surface area contributed by atoms with E-state index in [9.17, 15) is 17.6 Å². The number of anilines is 1. The molecule has 2 N–H and O–H groups in total. The molecule has 2 aromatic carbocycles. The number of urea groups is 1. The zero-order chi connectivity index (χ0) is 17.7. The zero-order valence-corrected chi connectivity index (χ0v) is 14.4. The van der Waals surface area contributed by atoms with E-state index in [0.29, 0.717) is 13.0 Å². The van der Waals surface area contributed by atoms with Crippen LogP contribution in [0.2, 0.25) is 5.02 Å². The number of carbonyl (C=O) groups excluding carboxylic acids is 1. The van der Waals surface area contributed by atoms with E-state index in [1.54, 1.807) is 12.1 Å². The lowest BCUT2D eigenvalue weighted by atomic mass is 10.1. The first-order valence-corrected chi connectivity index (χ1v) is 9.31. The maximum absolute atomic E-state index is 12.8. The van der Waals surface area contributed by atoms with Gasteiger partial charge in [-0.1, -0.05) is 23.7 Å². The van der Waals surface area contributed by atoms with Crippen LogP contribution in [0.5, 0.6) is 0 Å². The van der Waals surface area contributed by atoms with Crippen molar-refractivity contribution in [3.8, 4) is 0 Å². The van der Waals surface area contributed by atoms with Gasteiger partial charge < -0.3 is 10.6 Å². The molecule has 5 nitrogen and oxygen atoms in total. The molecule has 24 heavy (non-hydrogen) atoms. The highest BCUT2D eigenvalue weighted by atomic mass is 35.5. The van der Waals surface area contributed by atoms with Crippen LogP contribution < -0.4 is 10.6 Å². The van der Waals surface area contributed by atoms with Crippen LogP contribution in [0.4, 0.5) is 14.9 Å². The predicted octanol–water partition coefficient (Wildman–Crippen LogP) is 3.25. The molecule has 0 aliphatic rings. The number of sulfone groups is 1. The molecule has 2 rings (SSSR count). The molecule has 0 aromatic heterocycles. The Morgan fingerprint density at radius 2 is 1.83 bits per heavy atom. The summed E-state index contributed by atoms with van der Waals surface area (Å²) in [6.45, 7) is 0.334. The van der Waals surface area contributed by atoms with Gasteiger partial charge in [0.1, 0.15) is 5.82 Å². The number of rotatable bonds is 5. The third-order valence-electron chi connectivity index (χ3n) is 3.23. The van der Waals surface area contributed by atoms with Crippen LogP contribution in [-0.2, 0) is 16.3 Å². The standard InChI is InChI=1S/C16H16ClFN2O3S/c1-24(22,23)13-6-7-14(17)15(10-13)20-16(21)19-9-8-11-2-4-12(18)5-3-11/h2-7,10H,8-9H2,1H3,(H2,19,20,21). The van der Waals surface area contributed by atoms with Crippen LogP contribution >= 0.6 is 11.6 Å². The molecule has 0 aliphatic heterocycles. The molecule has 8 heteroatoms. The monoisotopic (exact) mass is 370 g/mol. The van der Waals surface area contributed by atoms with Gasteiger partial charge in [-0.3, -0.25) is 0 Å². The van der Waals surface area contributed by atoms with Crippen LogP contribution in [-0.4, -0.2) is 27.2 Å². The van der Waals surface area contributed by atoms with E-state index in [4.69, 9.17) is 11.6 Å². The number of benzene rings is 2. The highest BCUT2D eigenvalue weighted by Gasteiger charge is 2.12. The average Bonchev–Trinajstić information content (AvgIpc) is 2.50. The number of nitrogens with one attached hydrogen (secondary N) is 2. The normalized spacial score (nSPS) is 11.1. The van der Waals surface area contributed by atoms with E-state index in [0.717, 1.165) is 11.8 Å². The zero-order valence-electron chi connectivity index (χ0n) is 12.8. The van der Waals surface area contributed by atoms with Crippen molar-refractivity contribution >= 4 is 33.2 Å². The number of hydrogen-bond donors (Lipinski definition) is 2. The first-order valence-electron chi connectivity index (χ1n) is 7.04. The Hall–Kier alpha value is -2.12. The van der Waals surface area contributed by atoms with Crippen LogP contribution in [0.3, 0.4) is 0 Å². The van der Waals surface area contributed by atoms with Crippen LogP contribution in [0.1, 0.15) is 5.56 Å². The summed E-state index contributed by atoms with van der Waals surface area (Å²) in [6.07, 6.45) is 1.60. The van der Waals surface area contributed by atoms with Crippen molar-refractivity contribution in [2.24, 2.45) is 0 Å². The Morgan fingerprint density at radius 1 is 1.17 bits per heavy atom. The van der Waals surface area contributed by atoms with Gasteiger partial charge in [0, 0.05) is 12.8 Å². The largest absolute Gasteiger partial charge is 0.338 e. The molecule has 0 heterocycles. The quantitative estimate of drug-likeness (QED) is 0.848. The fraction of sp³-hybridized carbons (Fsp3) is 0.188. The Balaban J connectivity index is 1.93. The molecule has 0 unspecified atom stereocenters. The first-order chi connectivity index (χ1) is 11.3. The minimum absolute atomic E-state index is 0.0634. The van der Waals surface area contributed by atoms with Gasteiger partial charge in [0.05, 0.1) is 15.6 Å². The summed E-state index contributed by atoms with van der Waals surface area (Å²) in [5, 5.41) is 5.37. The molecule has 0 fully saturated rings. The third kappa shape index (κ3) is 5.21. The van der Waals surface area contributed by atoms with Gasteiger partial charge in [-0.25, -0.2) is 17.6 Å². The summed E-state index contributed by atoms with van der Waals surface area (Å²) < 4.78 is 35.9. The fourth-order valence-electron chi connectivity index (χ4n) is 1.97. The summed E-state index contributed by atoms with van der Waals surface area (Å²) in [5.41, 5.74) is 1.09. The summed E-state index contributed by atoms with van der Waals surface area (Å²) in [7, 11) is -3.40. The second-order valence-electron chi connectivity index (χ2n) is 5.17. The summed E-state index contributed by atoms with van der Waals surface area (Å²) in [6, 6.07) is 9.56. The summed E-state index contributed by atoms with van der Waals surface area (Å²) >= 11 is 5.96. The molecule has 128 valence electrons. The van der Waals surface area contributed by atoms with E-state index in [1.165, 1.54) is 30.3 Å². The lowest BCUT2D eigenvalue weighted by Gasteiger charge is -2.10. The summed E-state index contributed by atoms with van der Waals surface area (Å²) in [4.78, 5) is 11.9. The highest BCUT2D eigenvalue weighted by Crippen LogP contribution is 2.25. The lowest BCUT2D eigenvalue weighted by Crippen LogP contribution is -2.30. The number of amides is 2. The van der Waals surface area contributed by atoms with Crippen molar-refractivity contribution in [1.29, 1.82) is 0 Å². The molecule has 0 saturated carbocycles. The molecule has 0 aliphatic carbocycles. The first kappa shape index (κ1) is 18.2. The smallest absolute Gasteiger partial charge is 0.319 e. The molecular weight excluding hydrogens is 355 g/mol. The van der Waals surface area contributed by atoms with E-state index in [1.807, 2.05) is 0 Å². The third-order valence-corrected chi connectivity index (χ3v) is 4.67. The van der Waals surface area contributed by atoms with E-state index < -0.39 is 15.9 Å². The van der Waals surface area contributed by atoms with Gasteiger partial charge in [0.2, 0.25) is 0 Å². The van der Waals surface area contributed by atoms with Gasteiger partial charge in [0.15, 0.2) is 9.84 Å². The maximum Gasteiger partial charge on any atom is 0.319 e. The van der Waals surface area contributed by atoms with Gasteiger partial charge in [-0.2, -0.15) is 0 Å². The Labute approximate surface area is 144 Å². The van der Waals surface area contributed by atoms with Crippen LogP contribution in [0.15, 0.2) is 47.4 Å². The van der Waals surface area contributed by atoms with Crippen molar-refractivity contribution in [2.45, 2.75) is 11.3 Å². The molecule has 2 amide bonds. The number of carbonyl (C=O) groups is 1.